The molecule has 0 saturated carbocycles. The summed E-state index contributed by atoms with van der Waals surface area (Å²) in [7, 11) is 0. The Balaban J connectivity index is 2.05. The minimum atomic E-state index is 0.703. The summed E-state index contributed by atoms with van der Waals surface area (Å²) in [6.45, 7) is 1.29. The van der Waals surface area contributed by atoms with E-state index in [1.165, 1.54) is 35.7 Å². The predicted molar refractivity (Wildman–Crippen MR) is 62.7 cm³/mol. The molecule has 2 N–H and O–H groups in total. The Kier molecular flexibility index (Phi) is 2.18. The van der Waals surface area contributed by atoms with Gasteiger partial charge in [-0.05, 0) is 16.8 Å². The zero-order valence-corrected chi connectivity index (χ0v) is 8.82. The molecule has 0 unspecified atom stereocenters. The normalized spacial score (nSPS) is 20.9. The molecule has 1 heteroatoms. The molecular weight excluding hydrogens is 182 g/mol. The number of benzene rings is 2. The summed E-state index contributed by atoms with van der Waals surface area (Å²) < 4.78 is 0. The van der Waals surface area contributed by atoms with Crippen molar-refractivity contribution in [2.45, 2.75) is 18.9 Å². The molecule has 1 saturated heterocycles. The fourth-order valence-corrected chi connectivity index (χ4v) is 2.52. The molecule has 76 valence electrons. The molecule has 1 aliphatic rings. The van der Waals surface area contributed by atoms with E-state index in [1.54, 1.807) is 0 Å². The third-order valence-corrected chi connectivity index (χ3v) is 3.37. The van der Waals surface area contributed by atoms with Gasteiger partial charge in [0.25, 0.3) is 0 Å². The Morgan fingerprint density at radius 3 is 2.67 bits per heavy atom. The van der Waals surface area contributed by atoms with Crippen LogP contribution in [0, 0.1) is 0 Å². The number of rotatable bonds is 1. The quantitative estimate of drug-likeness (QED) is 0.723. The second-order valence-electron chi connectivity index (χ2n) is 4.38. The number of nitrogens with two attached hydrogens (primary N) is 1. The lowest BCUT2D eigenvalue weighted by Crippen LogP contribution is -2.81. The zero-order valence-electron chi connectivity index (χ0n) is 8.82. The monoisotopic (exact) mass is 198 g/mol. The van der Waals surface area contributed by atoms with Crippen LogP contribution in [-0.2, 0) is 0 Å². The third kappa shape index (κ3) is 1.64. The fraction of sp³-hybridized carbons (Fsp3) is 0.286. The second-order valence-corrected chi connectivity index (χ2v) is 4.38. The van der Waals surface area contributed by atoms with Crippen molar-refractivity contribution in [3.63, 3.8) is 0 Å². The van der Waals surface area contributed by atoms with E-state index in [4.69, 9.17) is 0 Å². The highest BCUT2D eigenvalue weighted by atomic mass is 14.9. The summed E-state index contributed by atoms with van der Waals surface area (Å²) in [6.07, 6.45) is 2.69. The smallest absolute Gasteiger partial charge is 0.112 e. The van der Waals surface area contributed by atoms with Gasteiger partial charge in [-0.15, -0.1) is 0 Å². The van der Waals surface area contributed by atoms with Crippen LogP contribution < -0.4 is 5.32 Å². The lowest BCUT2D eigenvalue weighted by Gasteiger charge is -2.08. The minimum Gasteiger partial charge on any atom is -0.340 e. The van der Waals surface area contributed by atoms with Crippen molar-refractivity contribution in [1.82, 2.24) is 0 Å². The molecule has 0 aliphatic carbocycles. The van der Waals surface area contributed by atoms with Crippen LogP contribution in [-0.4, -0.2) is 6.54 Å². The van der Waals surface area contributed by atoms with E-state index in [9.17, 15) is 0 Å². The summed E-state index contributed by atoms with van der Waals surface area (Å²) >= 11 is 0. The van der Waals surface area contributed by atoms with E-state index in [2.05, 4.69) is 47.8 Å². The van der Waals surface area contributed by atoms with Crippen LogP contribution in [0.4, 0.5) is 0 Å². The van der Waals surface area contributed by atoms with Crippen LogP contribution in [0.15, 0.2) is 42.5 Å². The van der Waals surface area contributed by atoms with E-state index >= 15 is 0 Å². The topological polar surface area (TPSA) is 16.6 Å². The van der Waals surface area contributed by atoms with Gasteiger partial charge < -0.3 is 5.32 Å². The Labute approximate surface area is 90.1 Å². The lowest BCUT2D eigenvalue weighted by atomic mass is 10.0. The largest absolute Gasteiger partial charge is 0.340 e. The first-order valence-corrected chi connectivity index (χ1v) is 5.75. The predicted octanol–water partition coefficient (Wildman–Crippen LogP) is 2.24. The molecule has 0 aromatic heterocycles. The first kappa shape index (κ1) is 8.93. The van der Waals surface area contributed by atoms with Crippen LogP contribution in [0.2, 0.25) is 0 Å². The standard InChI is InChI=1S/C14H15N/c1-2-5-12-10-13(8-7-11(12)4-1)14-6-3-9-15-14/h1-2,4-5,7-8,10,14-15H,3,6,9H2/p+1/t14-/m1/s1. The van der Waals surface area contributed by atoms with Gasteiger partial charge in [0.15, 0.2) is 0 Å². The molecule has 0 radical (unpaired) electrons. The molecule has 15 heavy (non-hydrogen) atoms. The lowest BCUT2D eigenvalue weighted by molar-refractivity contribution is -0.676. The fourth-order valence-electron chi connectivity index (χ4n) is 2.52. The van der Waals surface area contributed by atoms with E-state index in [0.717, 1.165) is 0 Å². The average Bonchev–Trinajstić information content (AvgIpc) is 2.82. The van der Waals surface area contributed by atoms with Crippen LogP contribution in [0.5, 0.6) is 0 Å². The van der Waals surface area contributed by atoms with Gasteiger partial charge in [0.2, 0.25) is 0 Å². The number of hydrogen-bond acceptors (Lipinski definition) is 0. The molecule has 1 nitrogen and oxygen atoms in total. The first-order valence-electron chi connectivity index (χ1n) is 5.75. The Morgan fingerprint density at radius 1 is 1.00 bits per heavy atom. The van der Waals surface area contributed by atoms with Crippen molar-refractivity contribution in [1.29, 1.82) is 0 Å². The van der Waals surface area contributed by atoms with Crippen LogP contribution >= 0.6 is 0 Å². The van der Waals surface area contributed by atoms with Crippen molar-refractivity contribution < 1.29 is 5.32 Å². The number of fused-ring (bicyclic) bond motifs is 1. The molecule has 1 heterocycles. The van der Waals surface area contributed by atoms with Gasteiger partial charge in [-0.3, -0.25) is 0 Å². The van der Waals surface area contributed by atoms with E-state index in [0.29, 0.717) is 6.04 Å². The molecular formula is C14H16N+. The Morgan fingerprint density at radius 2 is 1.87 bits per heavy atom. The highest BCUT2D eigenvalue weighted by Gasteiger charge is 2.19. The van der Waals surface area contributed by atoms with Crippen LogP contribution in [0.1, 0.15) is 24.4 Å². The van der Waals surface area contributed by atoms with Gasteiger partial charge in [0, 0.05) is 18.4 Å². The van der Waals surface area contributed by atoms with E-state index < -0.39 is 0 Å². The molecule has 2 aromatic carbocycles. The summed E-state index contributed by atoms with van der Waals surface area (Å²) in [6, 6.07) is 16.2. The molecule has 3 rings (SSSR count). The summed E-state index contributed by atoms with van der Waals surface area (Å²) in [5, 5.41) is 5.18. The van der Waals surface area contributed by atoms with Crippen molar-refractivity contribution >= 4 is 10.8 Å². The molecule has 0 amide bonds. The van der Waals surface area contributed by atoms with Crippen molar-refractivity contribution in [3.05, 3.63) is 48.0 Å². The molecule has 0 spiro atoms. The van der Waals surface area contributed by atoms with Crippen molar-refractivity contribution in [2.75, 3.05) is 6.54 Å². The Hall–Kier alpha value is -1.34. The van der Waals surface area contributed by atoms with Crippen LogP contribution in [0.25, 0.3) is 10.8 Å². The summed E-state index contributed by atoms with van der Waals surface area (Å²) in [5.74, 6) is 0. The summed E-state index contributed by atoms with van der Waals surface area (Å²) in [5.41, 5.74) is 1.49. The molecule has 0 bridgehead atoms. The highest BCUT2D eigenvalue weighted by molar-refractivity contribution is 5.83. The number of hydrogen-bond donors (Lipinski definition) is 1. The maximum absolute atomic E-state index is 2.46. The second kappa shape index (κ2) is 3.67. The molecule has 1 atom stereocenters. The van der Waals surface area contributed by atoms with Gasteiger partial charge in [-0.25, -0.2) is 0 Å². The maximum atomic E-state index is 2.46. The zero-order chi connectivity index (χ0) is 10.1. The van der Waals surface area contributed by atoms with Gasteiger partial charge in [0.1, 0.15) is 6.04 Å². The average molecular weight is 198 g/mol. The molecule has 1 aliphatic heterocycles. The van der Waals surface area contributed by atoms with Gasteiger partial charge in [-0.2, -0.15) is 0 Å². The third-order valence-electron chi connectivity index (χ3n) is 3.37. The summed E-state index contributed by atoms with van der Waals surface area (Å²) in [4.78, 5) is 0. The van der Waals surface area contributed by atoms with Gasteiger partial charge in [-0.1, -0.05) is 36.4 Å². The highest BCUT2D eigenvalue weighted by Crippen LogP contribution is 2.22. The maximum Gasteiger partial charge on any atom is 0.112 e. The van der Waals surface area contributed by atoms with Crippen molar-refractivity contribution in [3.8, 4) is 0 Å². The number of quaternary nitrogens is 1. The van der Waals surface area contributed by atoms with Gasteiger partial charge >= 0.3 is 0 Å². The van der Waals surface area contributed by atoms with Gasteiger partial charge in [0.05, 0.1) is 6.54 Å². The van der Waals surface area contributed by atoms with Crippen LogP contribution in [0.3, 0.4) is 0 Å². The molecule has 2 aromatic rings. The SMILES string of the molecule is c1ccc2cc([C@H]3CCC[NH2+]3)ccc2c1. The minimum absolute atomic E-state index is 0.703. The van der Waals surface area contributed by atoms with Crippen molar-refractivity contribution in [2.24, 2.45) is 0 Å². The van der Waals surface area contributed by atoms with E-state index in [-0.39, 0.29) is 0 Å². The van der Waals surface area contributed by atoms with E-state index in [1.807, 2.05) is 0 Å². The Bertz CT molecular complexity index is 469. The molecule has 1 fully saturated rings. The first-order chi connectivity index (χ1) is 7.43.